The number of ether oxygens (including phenoxy) is 2. The van der Waals surface area contributed by atoms with Crippen LogP contribution in [0, 0.1) is 17.1 Å². The molecule has 0 aliphatic rings. The van der Waals surface area contributed by atoms with E-state index in [0.717, 1.165) is 0 Å². The normalized spacial score (nSPS) is 11.5. The molecule has 108 valence electrons. The second kappa shape index (κ2) is 6.57. The molecule has 0 saturated carbocycles. The van der Waals surface area contributed by atoms with Crippen LogP contribution >= 0.6 is 0 Å². The van der Waals surface area contributed by atoms with Gasteiger partial charge < -0.3 is 13.9 Å². The van der Waals surface area contributed by atoms with E-state index in [1.165, 1.54) is 37.3 Å². The van der Waals surface area contributed by atoms with E-state index in [9.17, 15) is 9.18 Å². The Bertz CT molecular complexity index is 657. The highest BCUT2D eigenvalue weighted by atomic mass is 19.1. The Kier molecular flexibility index (Phi) is 4.57. The fourth-order valence-electron chi connectivity index (χ4n) is 1.50. The van der Waals surface area contributed by atoms with Crippen LogP contribution in [0.25, 0.3) is 0 Å². The maximum atomic E-state index is 12.7. The highest BCUT2D eigenvalue weighted by Crippen LogP contribution is 2.15. The Hall–Kier alpha value is -2.81. The first-order valence-corrected chi connectivity index (χ1v) is 6.16. The van der Waals surface area contributed by atoms with E-state index in [1.807, 2.05) is 0 Å². The SMILES string of the molecule is CC(C#N)OC(=O)c1ccc(COc2ccc(F)cc2)o1. The van der Waals surface area contributed by atoms with Crippen molar-refractivity contribution in [2.75, 3.05) is 0 Å². The van der Waals surface area contributed by atoms with Crippen LogP contribution in [0.5, 0.6) is 5.75 Å². The molecule has 2 rings (SSSR count). The second-order valence-electron chi connectivity index (χ2n) is 4.19. The lowest BCUT2D eigenvalue weighted by atomic mass is 10.3. The van der Waals surface area contributed by atoms with Gasteiger partial charge in [-0.05, 0) is 43.3 Å². The van der Waals surface area contributed by atoms with Crippen molar-refractivity contribution in [2.24, 2.45) is 0 Å². The maximum Gasteiger partial charge on any atom is 0.375 e. The summed E-state index contributed by atoms with van der Waals surface area (Å²) in [5.74, 6) is -0.171. The van der Waals surface area contributed by atoms with Gasteiger partial charge in [-0.1, -0.05) is 0 Å². The average molecular weight is 289 g/mol. The number of halogens is 1. The summed E-state index contributed by atoms with van der Waals surface area (Å²) in [6.07, 6.45) is -0.846. The summed E-state index contributed by atoms with van der Waals surface area (Å²) < 4.78 is 28.2. The lowest BCUT2D eigenvalue weighted by Crippen LogP contribution is -2.12. The van der Waals surface area contributed by atoms with Crippen molar-refractivity contribution >= 4 is 5.97 Å². The molecule has 0 saturated heterocycles. The van der Waals surface area contributed by atoms with E-state index in [1.54, 1.807) is 12.1 Å². The molecular formula is C15H12FNO4. The summed E-state index contributed by atoms with van der Waals surface area (Å²) in [6.45, 7) is 1.55. The fraction of sp³-hybridized carbons (Fsp3) is 0.200. The molecule has 1 heterocycles. The van der Waals surface area contributed by atoms with Crippen LogP contribution in [0.3, 0.4) is 0 Å². The van der Waals surface area contributed by atoms with E-state index < -0.39 is 12.1 Å². The van der Waals surface area contributed by atoms with Crippen molar-refractivity contribution in [1.29, 1.82) is 5.26 Å². The molecule has 6 heteroatoms. The van der Waals surface area contributed by atoms with Crippen molar-refractivity contribution in [3.8, 4) is 11.8 Å². The van der Waals surface area contributed by atoms with Crippen molar-refractivity contribution in [3.05, 3.63) is 53.7 Å². The molecule has 5 nitrogen and oxygen atoms in total. The Morgan fingerprint density at radius 1 is 1.33 bits per heavy atom. The number of esters is 1. The molecule has 0 bridgehead atoms. The molecule has 0 radical (unpaired) electrons. The van der Waals surface area contributed by atoms with Gasteiger partial charge in [-0.3, -0.25) is 0 Å². The van der Waals surface area contributed by atoms with E-state index in [2.05, 4.69) is 0 Å². The molecule has 0 aliphatic heterocycles. The predicted molar refractivity (Wildman–Crippen MR) is 69.9 cm³/mol. The molecule has 1 unspecified atom stereocenters. The van der Waals surface area contributed by atoms with E-state index >= 15 is 0 Å². The van der Waals surface area contributed by atoms with Gasteiger partial charge in [0.2, 0.25) is 5.76 Å². The zero-order valence-corrected chi connectivity index (χ0v) is 11.2. The maximum absolute atomic E-state index is 12.7. The minimum absolute atomic E-state index is 0.00481. The van der Waals surface area contributed by atoms with Crippen LogP contribution in [0.15, 0.2) is 40.8 Å². The van der Waals surface area contributed by atoms with Crippen molar-refractivity contribution < 1.29 is 23.1 Å². The molecule has 1 aromatic carbocycles. The zero-order chi connectivity index (χ0) is 15.2. The number of benzene rings is 1. The quantitative estimate of drug-likeness (QED) is 0.791. The molecule has 1 atom stereocenters. The lowest BCUT2D eigenvalue weighted by Gasteiger charge is -2.04. The highest BCUT2D eigenvalue weighted by Gasteiger charge is 2.15. The first-order valence-electron chi connectivity index (χ1n) is 6.16. The molecule has 2 aromatic rings. The smallest absolute Gasteiger partial charge is 0.375 e. The van der Waals surface area contributed by atoms with Gasteiger partial charge in [-0.25, -0.2) is 9.18 Å². The van der Waals surface area contributed by atoms with Crippen molar-refractivity contribution in [1.82, 2.24) is 0 Å². The Morgan fingerprint density at radius 3 is 2.71 bits per heavy atom. The van der Waals surface area contributed by atoms with E-state index in [0.29, 0.717) is 11.5 Å². The largest absolute Gasteiger partial charge is 0.486 e. The van der Waals surface area contributed by atoms with Crippen molar-refractivity contribution in [3.63, 3.8) is 0 Å². The first kappa shape index (κ1) is 14.6. The monoisotopic (exact) mass is 289 g/mol. The fourth-order valence-corrected chi connectivity index (χ4v) is 1.50. The molecule has 0 spiro atoms. The van der Waals surface area contributed by atoms with Gasteiger partial charge in [0.1, 0.15) is 30.0 Å². The van der Waals surface area contributed by atoms with Gasteiger partial charge in [0, 0.05) is 0 Å². The number of nitrogens with zero attached hydrogens (tertiary/aromatic N) is 1. The molecule has 21 heavy (non-hydrogen) atoms. The summed E-state index contributed by atoms with van der Waals surface area (Å²) in [4.78, 5) is 11.6. The summed E-state index contributed by atoms with van der Waals surface area (Å²) >= 11 is 0. The van der Waals surface area contributed by atoms with Crippen molar-refractivity contribution in [2.45, 2.75) is 19.6 Å². The number of carbonyl (C=O) groups excluding carboxylic acids is 1. The average Bonchev–Trinajstić information content (AvgIpc) is 2.95. The number of hydrogen-bond donors (Lipinski definition) is 0. The lowest BCUT2D eigenvalue weighted by molar-refractivity contribution is 0.0395. The number of hydrogen-bond acceptors (Lipinski definition) is 5. The number of rotatable bonds is 5. The summed E-state index contributed by atoms with van der Waals surface area (Å²) in [5.41, 5.74) is 0. The van der Waals surface area contributed by atoms with Crippen LogP contribution in [-0.2, 0) is 11.3 Å². The van der Waals surface area contributed by atoms with E-state index in [4.69, 9.17) is 19.2 Å². The minimum atomic E-state index is -0.846. The van der Waals surface area contributed by atoms with Crippen LogP contribution in [0.1, 0.15) is 23.2 Å². The van der Waals surface area contributed by atoms with Gasteiger partial charge in [0.15, 0.2) is 6.10 Å². The summed E-state index contributed by atoms with van der Waals surface area (Å²) in [6, 6.07) is 10.3. The molecule has 0 N–H and O–H groups in total. The van der Waals surface area contributed by atoms with Gasteiger partial charge >= 0.3 is 5.97 Å². The first-order chi connectivity index (χ1) is 10.1. The van der Waals surface area contributed by atoms with Crippen LogP contribution in [0.2, 0.25) is 0 Å². The van der Waals surface area contributed by atoms with E-state index in [-0.39, 0.29) is 18.2 Å². The third-order valence-corrected chi connectivity index (χ3v) is 2.52. The Labute approximate surface area is 120 Å². The van der Waals surface area contributed by atoms with Gasteiger partial charge in [-0.2, -0.15) is 5.26 Å². The van der Waals surface area contributed by atoms with Crippen LogP contribution in [0.4, 0.5) is 4.39 Å². The standard InChI is InChI=1S/C15H12FNO4/c1-10(8-17)20-15(18)14-7-6-13(21-14)9-19-12-4-2-11(16)3-5-12/h2-7,10H,9H2,1H3. The highest BCUT2D eigenvalue weighted by molar-refractivity contribution is 5.86. The van der Waals surface area contributed by atoms with Crippen LogP contribution < -0.4 is 4.74 Å². The second-order valence-corrected chi connectivity index (χ2v) is 4.19. The Morgan fingerprint density at radius 2 is 2.05 bits per heavy atom. The molecule has 0 aliphatic carbocycles. The molecular weight excluding hydrogens is 277 g/mol. The van der Waals surface area contributed by atoms with Crippen LogP contribution in [-0.4, -0.2) is 12.1 Å². The van der Waals surface area contributed by atoms with Gasteiger partial charge in [-0.15, -0.1) is 0 Å². The summed E-state index contributed by atoms with van der Waals surface area (Å²) in [7, 11) is 0. The number of carbonyl (C=O) groups is 1. The van der Waals surface area contributed by atoms with Gasteiger partial charge in [0.05, 0.1) is 0 Å². The molecule has 0 amide bonds. The molecule has 0 fully saturated rings. The number of furan rings is 1. The third kappa shape index (κ3) is 4.08. The van der Waals surface area contributed by atoms with Gasteiger partial charge in [0.25, 0.3) is 0 Å². The zero-order valence-electron chi connectivity index (χ0n) is 11.2. The topological polar surface area (TPSA) is 72.5 Å². The Balaban J connectivity index is 1.92. The third-order valence-electron chi connectivity index (χ3n) is 2.52. The summed E-state index contributed by atoms with van der Waals surface area (Å²) in [5, 5.41) is 8.56. The minimum Gasteiger partial charge on any atom is -0.486 e. The molecule has 1 aromatic heterocycles. The number of nitriles is 1. The predicted octanol–water partition coefficient (Wildman–Crippen LogP) is 3.07.